The van der Waals surface area contributed by atoms with Crippen LogP contribution in [0.2, 0.25) is 0 Å². The number of hydrogen-bond acceptors (Lipinski definition) is 2. The quantitative estimate of drug-likeness (QED) is 0.448. The lowest BCUT2D eigenvalue weighted by Gasteiger charge is -2.11. The first-order valence-corrected chi connectivity index (χ1v) is 6.47. The maximum atomic E-state index is 11.3. The van der Waals surface area contributed by atoms with Crippen LogP contribution < -0.4 is 16.0 Å². The Morgan fingerprint density at radius 3 is 2.59 bits per heavy atom. The molecule has 0 saturated heterocycles. The monoisotopic (exact) mass is 240 g/mol. The van der Waals surface area contributed by atoms with Crippen molar-refractivity contribution in [3.8, 4) is 0 Å². The molecular weight excluding hydrogens is 216 g/mol. The zero-order valence-corrected chi connectivity index (χ0v) is 10.9. The van der Waals surface area contributed by atoms with E-state index < -0.39 is 0 Å². The Kier molecular flexibility index (Phi) is 6.43. The van der Waals surface area contributed by atoms with E-state index in [4.69, 9.17) is 0 Å². The standard InChI is InChI=1S/C12H24N4O/c1-3-7-14-11(17)6-8-15-12(13-2)16-9-10-4-5-10/h10H,3-9H2,1-2H3,(H,14,17)(H2,13,15,16). The number of amides is 1. The topological polar surface area (TPSA) is 65.5 Å². The number of nitrogens with one attached hydrogen (secondary N) is 3. The highest BCUT2D eigenvalue weighted by atomic mass is 16.1. The third-order valence-electron chi connectivity index (χ3n) is 2.70. The summed E-state index contributed by atoms with van der Waals surface area (Å²) in [6, 6.07) is 0. The Balaban J connectivity index is 2.03. The van der Waals surface area contributed by atoms with Gasteiger partial charge in [-0.1, -0.05) is 6.92 Å². The van der Waals surface area contributed by atoms with Crippen LogP contribution in [-0.2, 0) is 4.79 Å². The van der Waals surface area contributed by atoms with Crippen molar-refractivity contribution in [1.82, 2.24) is 16.0 Å². The van der Waals surface area contributed by atoms with E-state index in [0.29, 0.717) is 13.0 Å². The Labute approximate surface area is 103 Å². The van der Waals surface area contributed by atoms with Gasteiger partial charge in [-0.3, -0.25) is 9.79 Å². The van der Waals surface area contributed by atoms with E-state index in [0.717, 1.165) is 31.4 Å². The van der Waals surface area contributed by atoms with Crippen molar-refractivity contribution in [3.63, 3.8) is 0 Å². The van der Waals surface area contributed by atoms with Crippen molar-refractivity contribution < 1.29 is 4.79 Å². The van der Waals surface area contributed by atoms with E-state index in [1.165, 1.54) is 12.8 Å². The van der Waals surface area contributed by atoms with Crippen molar-refractivity contribution in [2.24, 2.45) is 10.9 Å². The van der Waals surface area contributed by atoms with Crippen molar-refractivity contribution in [2.45, 2.75) is 32.6 Å². The normalized spacial score (nSPS) is 15.5. The highest BCUT2D eigenvalue weighted by molar-refractivity contribution is 5.81. The average Bonchev–Trinajstić information content (AvgIpc) is 3.14. The average molecular weight is 240 g/mol. The van der Waals surface area contributed by atoms with Gasteiger partial charge < -0.3 is 16.0 Å². The predicted molar refractivity (Wildman–Crippen MR) is 70.0 cm³/mol. The second-order valence-corrected chi connectivity index (χ2v) is 4.42. The second-order valence-electron chi connectivity index (χ2n) is 4.42. The van der Waals surface area contributed by atoms with Crippen molar-refractivity contribution in [2.75, 3.05) is 26.7 Å². The molecule has 0 aromatic carbocycles. The molecule has 0 bridgehead atoms. The largest absolute Gasteiger partial charge is 0.356 e. The minimum atomic E-state index is 0.0944. The minimum Gasteiger partial charge on any atom is -0.356 e. The molecule has 1 aliphatic rings. The number of carbonyl (C=O) groups excluding carboxylic acids is 1. The van der Waals surface area contributed by atoms with Gasteiger partial charge in [0, 0.05) is 33.1 Å². The van der Waals surface area contributed by atoms with E-state index >= 15 is 0 Å². The summed E-state index contributed by atoms with van der Waals surface area (Å²) in [7, 11) is 1.75. The van der Waals surface area contributed by atoms with Gasteiger partial charge in [-0.2, -0.15) is 0 Å². The van der Waals surface area contributed by atoms with Crippen LogP contribution in [0.1, 0.15) is 32.6 Å². The molecule has 0 atom stereocenters. The number of nitrogens with zero attached hydrogens (tertiary/aromatic N) is 1. The van der Waals surface area contributed by atoms with Crippen molar-refractivity contribution in [1.29, 1.82) is 0 Å². The second kappa shape index (κ2) is 7.92. The highest BCUT2D eigenvalue weighted by Crippen LogP contribution is 2.27. The smallest absolute Gasteiger partial charge is 0.221 e. The van der Waals surface area contributed by atoms with Crippen LogP contribution in [0.25, 0.3) is 0 Å². The molecule has 0 unspecified atom stereocenters. The first-order valence-electron chi connectivity index (χ1n) is 6.47. The SMILES string of the molecule is CCCNC(=O)CCNC(=NC)NCC1CC1. The van der Waals surface area contributed by atoms with E-state index in [1.807, 2.05) is 6.92 Å². The molecule has 0 radical (unpaired) electrons. The molecule has 98 valence electrons. The third kappa shape index (κ3) is 6.81. The molecule has 0 spiro atoms. The number of guanidine groups is 1. The molecule has 1 fully saturated rings. The van der Waals surface area contributed by atoms with Crippen molar-refractivity contribution in [3.05, 3.63) is 0 Å². The van der Waals surface area contributed by atoms with Gasteiger partial charge in [-0.15, -0.1) is 0 Å². The van der Waals surface area contributed by atoms with E-state index in [2.05, 4.69) is 20.9 Å². The molecule has 0 aromatic heterocycles. The van der Waals surface area contributed by atoms with Crippen LogP contribution in [0.15, 0.2) is 4.99 Å². The molecule has 0 aromatic rings. The molecule has 17 heavy (non-hydrogen) atoms. The maximum Gasteiger partial charge on any atom is 0.221 e. The van der Waals surface area contributed by atoms with Gasteiger partial charge in [0.1, 0.15) is 0 Å². The number of aliphatic imine (C=N–C) groups is 1. The summed E-state index contributed by atoms with van der Waals surface area (Å²) in [5.41, 5.74) is 0. The fraction of sp³-hybridized carbons (Fsp3) is 0.833. The molecule has 5 heteroatoms. The molecule has 1 rings (SSSR count). The van der Waals surface area contributed by atoms with Gasteiger partial charge in [-0.05, 0) is 25.2 Å². The number of carbonyl (C=O) groups is 1. The van der Waals surface area contributed by atoms with Crippen LogP contribution >= 0.6 is 0 Å². The molecule has 0 aliphatic heterocycles. The molecule has 5 nitrogen and oxygen atoms in total. The molecule has 0 heterocycles. The summed E-state index contributed by atoms with van der Waals surface area (Å²) in [5, 5.41) is 9.24. The van der Waals surface area contributed by atoms with Gasteiger partial charge in [0.05, 0.1) is 0 Å². The highest BCUT2D eigenvalue weighted by Gasteiger charge is 2.20. The Morgan fingerprint density at radius 1 is 1.24 bits per heavy atom. The Bertz CT molecular complexity index is 261. The minimum absolute atomic E-state index is 0.0944. The fourth-order valence-electron chi connectivity index (χ4n) is 1.43. The predicted octanol–water partition coefficient (Wildman–Crippen LogP) is 0.478. The number of rotatable bonds is 7. The van der Waals surface area contributed by atoms with Crippen LogP contribution in [-0.4, -0.2) is 38.5 Å². The van der Waals surface area contributed by atoms with E-state index in [-0.39, 0.29) is 5.91 Å². The van der Waals surface area contributed by atoms with Crippen LogP contribution in [0, 0.1) is 5.92 Å². The van der Waals surface area contributed by atoms with Gasteiger partial charge >= 0.3 is 0 Å². The molecule has 1 amide bonds. The van der Waals surface area contributed by atoms with Crippen LogP contribution in [0.4, 0.5) is 0 Å². The van der Waals surface area contributed by atoms with E-state index in [9.17, 15) is 4.79 Å². The van der Waals surface area contributed by atoms with Gasteiger partial charge in [0.25, 0.3) is 0 Å². The van der Waals surface area contributed by atoms with Crippen LogP contribution in [0.5, 0.6) is 0 Å². The first kappa shape index (κ1) is 13.8. The Hall–Kier alpha value is -1.26. The third-order valence-corrected chi connectivity index (χ3v) is 2.70. The van der Waals surface area contributed by atoms with Crippen LogP contribution in [0.3, 0.4) is 0 Å². The van der Waals surface area contributed by atoms with Crippen molar-refractivity contribution >= 4 is 11.9 Å². The van der Waals surface area contributed by atoms with Gasteiger partial charge in [0.2, 0.25) is 5.91 Å². The summed E-state index contributed by atoms with van der Waals surface area (Å²) < 4.78 is 0. The summed E-state index contributed by atoms with van der Waals surface area (Å²) in [4.78, 5) is 15.4. The first-order chi connectivity index (χ1) is 8.26. The Morgan fingerprint density at radius 2 is 2.00 bits per heavy atom. The maximum absolute atomic E-state index is 11.3. The number of hydrogen-bond donors (Lipinski definition) is 3. The zero-order chi connectivity index (χ0) is 12.5. The lowest BCUT2D eigenvalue weighted by molar-refractivity contribution is -0.120. The van der Waals surface area contributed by atoms with E-state index in [1.54, 1.807) is 7.05 Å². The molecule has 1 saturated carbocycles. The molecule has 3 N–H and O–H groups in total. The fourth-order valence-corrected chi connectivity index (χ4v) is 1.43. The molecule has 1 aliphatic carbocycles. The van der Waals surface area contributed by atoms with Gasteiger partial charge in [0.15, 0.2) is 5.96 Å². The summed E-state index contributed by atoms with van der Waals surface area (Å²) in [6.45, 7) is 4.41. The lowest BCUT2D eigenvalue weighted by atomic mass is 10.3. The zero-order valence-electron chi connectivity index (χ0n) is 10.9. The summed E-state index contributed by atoms with van der Waals surface area (Å²) in [5.74, 6) is 1.71. The van der Waals surface area contributed by atoms with Gasteiger partial charge in [-0.25, -0.2) is 0 Å². The summed E-state index contributed by atoms with van der Waals surface area (Å²) >= 11 is 0. The summed E-state index contributed by atoms with van der Waals surface area (Å²) in [6.07, 6.45) is 4.11. The molecular formula is C12H24N4O. The lowest BCUT2D eigenvalue weighted by Crippen LogP contribution is -2.40.